The van der Waals surface area contributed by atoms with Crippen LogP contribution in [0.15, 0.2) is 22.6 Å². The number of benzene rings is 1. The van der Waals surface area contributed by atoms with Crippen LogP contribution >= 0.6 is 0 Å². The summed E-state index contributed by atoms with van der Waals surface area (Å²) >= 11 is 0. The molecule has 1 aromatic heterocycles. The van der Waals surface area contributed by atoms with Crippen molar-refractivity contribution < 1.29 is 13.9 Å². The van der Waals surface area contributed by atoms with E-state index in [2.05, 4.69) is 15.5 Å². The van der Waals surface area contributed by atoms with Gasteiger partial charge in [0.25, 0.3) is 5.89 Å². The highest BCUT2D eigenvalue weighted by molar-refractivity contribution is 5.67. The molecule has 0 atom stereocenters. The molecule has 1 N–H and O–H groups in total. The van der Waals surface area contributed by atoms with Crippen molar-refractivity contribution in [2.45, 2.75) is 25.3 Å². The molecule has 0 saturated heterocycles. The molecule has 1 aliphatic carbocycles. The van der Waals surface area contributed by atoms with Gasteiger partial charge < -0.3 is 19.2 Å². The van der Waals surface area contributed by atoms with Gasteiger partial charge in [-0.1, -0.05) is 6.07 Å². The Hall–Kier alpha value is -2.08. The quantitative estimate of drug-likeness (QED) is 0.904. The molecule has 2 aliphatic rings. The summed E-state index contributed by atoms with van der Waals surface area (Å²) in [7, 11) is 0. The normalized spacial score (nSPS) is 17.0. The first-order valence-corrected chi connectivity index (χ1v) is 7.35. The van der Waals surface area contributed by atoms with Gasteiger partial charge in [0.05, 0.1) is 5.56 Å². The molecule has 1 fully saturated rings. The van der Waals surface area contributed by atoms with Crippen LogP contribution < -0.4 is 14.8 Å². The number of nitrogens with one attached hydrogen (secondary N) is 1. The first-order valence-electron chi connectivity index (χ1n) is 7.35. The largest absolute Gasteiger partial charge is 0.486 e. The SMILES string of the molecule is c1cc2c(c(-c3nnc(CCNC4CC4)o3)c1)OCCO2. The van der Waals surface area contributed by atoms with Crippen molar-refractivity contribution in [1.29, 1.82) is 0 Å². The first-order chi connectivity index (χ1) is 10.4. The fraction of sp³-hybridized carbons (Fsp3) is 0.467. The highest BCUT2D eigenvalue weighted by Gasteiger charge is 2.22. The molecular formula is C15H17N3O3. The summed E-state index contributed by atoms with van der Waals surface area (Å²) in [4.78, 5) is 0. The third-order valence-electron chi connectivity index (χ3n) is 3.61. The minimum atomic E-state index is 0.485. The maximum Gasteiger partial charge on any atom is 0.251 e. The van der Waals surface area contributed by atoms with Gasteiger partial charge in [-0.25, -0.2) is 0 Å². The van der Waals surface area contributed by atoms with E-state index in [1.165, 1.54) is 12.8 Å². The van der Waals surface area contributed by atoms with Gasteiger partial charge in [0, 0.05) is 19.0 Å². The van der Waals surface area contributed by atoms with Gasteiger partial charge in [-0.3, -0.25) is 0 Å². The zero-order valence-electron chi connectivity index (χ0n) is 11.7. The van der Waals surface area contributed by atoms with E-state index in [4.69, 9.17) is 13.9 Å². The average molecular weight is 287 g/mol. The van der Waals surface area contributed by atoms with Crippen molar-refractivity contribution in [3.05, 3.63) is 24.1 Å². The molecule has 6 heteroatoms. The van der Waals surface area contributed by atoms with Crippen LogP contribution in [0.4, 0.5) is 0 Å². The Morgan fingerprint density at radius 3 is 2.95 bits per heavy atom. The van der Waals surface area contributed by atoms with E-state index < -0.39 is 0 Å². The van der Waals surface area contributed by atoms with E-state index in [1.807, 2.05) is 18.2 Å². The second-order valence-corrected chi connectivity index (χ2v) is 5.31. The molecular weight excluding hydrogens is 270 g/mol. The smallest absolute Gasteiger partial charge is 0.251 e. The molecule has 110 valence electrons. The van der Waals surface area contributed by atoms with Gasteiger partial charge in [0.1, 0.15) is 13.2 Å². The van der Waals surface area contributed by atoms with E-state index in [0.717, 1.165) is 24.3 Å². The van der Waals surface area contributed by atoms with Crippen LogP contribution in [0.25, 0.3) is 11.5 Å². The molecule has 2 aromatic rings. The Balaban J connectivity index is 1.52. The molecule has 2 heterocycles. The van der Waals surface area contributed by atoms with E-state index >= 15 is 0 Å². The summed E-state index contributed by atoms with van der Waals surface area (Å²) in [5.41, 5.74) is 0.793. The van der Waals surface area contributed by atoms with E-state index in [-0.39, 0.29) is 0 Å². The van der Waals surface area contributed by atoms with E-state index in [1.54, 1.807) is 0 Å². The van der Waals surface area contributed by atoms with Gasteiger partial charge in [-0.05, 0) is 25.0 Å². The predicted octanol–water partition coefficient (Wildman–Crippen LogP) is 1.80. The van der Waals surface area contributed by atoms with Crippen molar-refractivity contribution in [2.75, 3.05) is 19.8 Å². The summed E-state index contributed by atoms with van der Waals surface area (Å²) < 4.78 is 17.0. The minimum Gasteiger partial charge on any atom is -0.486 e. The Bertz CT molecular complexity index is 637. The number of rotatable bonds is 5. The lowest BCUT2D eigenvalue weighted by molar-refractivity contribution is 0.172. The number of hydrogen-bond acceptors (Lipinski definition) is 6. The standard InChI is InChI=1S/C15H17N3O3/c1-2-11(14-12(3-1)19-8-9-20-14)15-18-17-13(21-15)6-7-16-10-4-5-10/h1-3,10,16H,4-9H2. The van der Waals surface area contributed by atoms with E-state index in [9.17, 15) is 0 Å². The van der Waals surface area contributed by atoms with E-state index in [0.29, 0.717) is 36.8 Å². The number of aromatic nitrogens is 2. The first kappa shape index (κ1) is 12.6. The molecule has 0 unspecified atom stereocenters. The Kier molecular flexibility index (Phi) is 3.23. The molecule has 21 heavy (non-hydrogen) atoms. The minimum absolute atomic E-state index is 0.485. The zero-order chi connectivity index (χ0) is 14.1. The lowest BCUT2D eigenvalue weighted by Gasteiger charge is -2.19. The van der Waals surface area contributed by atoms with Crippen LogP contribution in [-0.2, 0) is 6.42 Å². The number of fused-ring (bicyclic) bond motifs is 1. The third kappa shape index (κ3) is 2.71. The number of hydrogen-bond donors (Lipinski definition) is 1. The lowest BCUT2D eigenvalue weighted by atomic mass is 10.2. The highest BCUT2D eigenvalue weighted by atomic mass is 16.6. The molecule has 0 radical (unpaired) electrons. The van der Waals surface area contributed by atoms with Crippen LogP contribution in [0, 0.1) is 0 Å². The van der Waals surface area contributed by atoms with Gasteiger partial charge in [-0.15, -0.1) is 10.2 Å². The summed E-state index contributed by atoms with van der Waals surface area (Å²) in [6.45, 7) is 1.98. The van der Waals surface area contributed by atoms with Crippen molar-refractivity contribution >= 4 is 0 Å². The zero-order valence-corrected chi connectivity index (χ0v) is 11.7. The van der Waals surface area contributed by atoms with Gasteiger partial charge >= 0.3 is 0 Å². The molecule has 4 rings (SSSR count). The molecule has 1 aromatic carbocycles. The van der Waals surface area contributed by atoms with Crippen LogP contribution in [0.2, 0.25) is 0 Å². The lowest BCUT2D eigenvalue weighted by Crippen LogP contribution is -2.19. The third-order valence-corrected chi connectivity index (χ3v) is 3.61. The summed E-state index contributed by atoms with van der Waals surface area (Å²) in [5.74, 6) is 2.55. The summed E-state index contributed by atoms with van der Waals surface area (Å²) in [5, 5.41) is 11.7. The van der Waals surface area contributed by atoms with Crippen LogP contribution in [0.3, 0.4) is 0 Å². The Labute approximate surface area is 122 Å². The maximum absolute atomic E-state index is 5.74. The summed E-state index contributed by atoms with van der Waals surface area (Å²) in [6, 6.07) is 6.39. The van der Waals surface area contributed by atoms with Crippen molar-refractivity contribution in [2.24, 2.45) is 0 Å². The predicted molar refractivity (Wildman–Crippen MR) is 75.5 cm³/mol. The monoisotopic (exact) mass is 287 g/mol. The molecule has 1 aliphatic heterocycles. The Morgan fingerprint density at radius 1 is 1.14 bits per heavy atom. The van der Waals surface area contributed by atoms with Crippen LogP contribution in [-0.4, -0.2) is 36.0 Å². The molecule has 0 spiro atoms. The fourth-order valence-corrected chi connectivity index (χ4v) is 2.38. The fourth-order valence-electron chi connectivity index (χ4n) is 2.38. The van der Waals surface area contributed by atoms with Gasteiger partial charge in [-0.2, -0.15) is 0 Å². The highest BCUT2D eigenvalue weighted by Crippen LogP contribution is 2.39. The molecule has 6 nitrogen and oxygen atoms in total. The number of para-hydroxylation sites is 1. The number of nitrogens with zero attached hydrogens (tertiary/aromatic N) is 2. The van der Waals surface area contributed by atoms with Crippen LogP contribution in [0.1, 0.15) is 18.7 Å². The average Bonchev–Trinajstić information content (AvgIpc) is 3.23. The van der Waals surface area contributed by atoms with Crippen LogP contribution in [0.5, 0.6) is 11.5 Å². The van der Waals surface area contributed by atoms with Gasteiger partial charge in [0.15, 0.2) is 11.5 Å². The molecule has 0 bridgehead atoms. The molecule has 0 amide bonds. The van der Waals surface area contributed by atoms with Gasteiger partial charge in [0.2, 0.25) is 5.89 Å². The van der Waals surface area contributed by atoms with Crippen molar-refractivity contribution in [3.63, 3.8) is 0 Å². The van der Waals surface area contributed by atoms with Crippen molar-refractivity contribution in [1.82, 2.24) is 15.5 Å². The summed E-state index contributed by atoms with van der Waals surface area (Å²) in [6.07, 6.45) is 3.31. The topological polar surface area (TPSA) is 69.4 Å². The van der Waals surface area contributed by atoms with Crippen molar-refractivity contribution in [3.8, 4) is 23.0 Å². The second-order valence-electron chi connectivity index (χ2n) is 5.31. The second kappa shape index (κ2) is 5.37. The maximum atomic E-state index is 5.74. The Morgan fingerprint density at radius 2 is 2.05 bits per heavy atom. The number of ether oxygens (including phenoxy) is 2. The molecule has 1 saturated carbocycles.